The molecule has 5 heteroatoms. The van der Waals surface area contributed by atoms with Gasteiger partial charge in [0.1, 0.15) is 9.84 Å². The second-order valence-corrected chi connectivity index (χ2v) is 7.83. The van der Waals surface area contributed by atoms with Gasteiger partial charge in [0.25, 0.3) is 0 Å². The second-order valence-electron chi connectivity index (χ2n) is 4.44. The van der Waals surface area contributed by atoms with Crippen LogP contribution in [0.4, 0.5) is 0 Å². The van der Waals surface area contributed by atoms with E-state index in [1.807, 2.05) is 18.8 Å². The first-order chi connectivity index (χ1) is 6.92. The van der Waals surface area contributed by atoms with Crippen molar-refractivity contribution in [2.24, 2.45) is 0 Å². The number of hydrogen-bond donors (Lipinski definition) is 0. The number of hydrogen-bond acceptors (Lipinski definition) is 4. The van der Waals surface area contributed by atoms with Crippen LogP contribution in [0.1, 0.15) is 19.3 Å². The summed E-state index contributed by atoms with van der Waals surface area (Å²) in [6, 6.07) is 0.587. The zero-order valence-electron chi connectivity index (χ0n) is 9.77. The Morgan fingerprint density at radius 3 is 2.53 bits per heavy atom. The predicted molar refractivity (Wildman–Crippen MR) is 67.3 cm³/mol. The molecule has 0 bridgehead atoms. The van der Waals surface area contributed by atoms with Gasteiger partial charge >= 0.3 is 0 Å². The summed E-state index contributed by atoms with van der Waals surface area (Å²) in [4.78, 5) is 2.21. The van der Waals surface area contributed by atoms with E-state index < -0.39 is 9.84 Å². The lowest BCUT2D eigenvalue weighted by Crippen LogP contribution is -2.33. The summed E-state index contributed by atoms with van der Waals surface area (Å²) in [6.07, 6.45) is 7.16. The minimum Gasteiger partial charge on any atom is -0.302 e. The molecular formula is C10H21NO2S2. The molecule has 1 rings (SSSR count). The number of sulfone groups is 1. The van der Waals surface area contributed by atoms with Crippen molar-refractivity contribution in [1.82, 2.24) is 4.90 Å². The van der Waals surface area contributed by atoms with Crippen molar-refractivity contribution in [3.8, 4) is 0 Å². The molecule has 0 aromatic rings. The first-order valence-electron chi connectivity index (χ1n) is 5.33. The topological polar surface area (TPSA) is 37.4 Å². The van der Waals surface area contributed by atoms with Crippen LogP contribution >= 0.6 is 11.8 Å². The van der Waals surface area contributed by atoms with Gasteiger partial charge in [-0.15, -0.1) is 0 Å². The highest BCUT2D eigenvalue weighted by atomic mass is 32.2. The third-order valence-electron chi connectivity index (χ3n) is 3.13. The summed E-state index contributed by atoms with van der Waals surface area (Å²) in [7, 11) is -0.774. The summed E-state index contributed by atoms with van der Waals surface area (Å²) in [5.41, 5.74) is 0. The van der Waals surface area contributed by atoms with E-state index in [1.54, 1.807) is 0 Å². The molecule has 90 valence electrons. The molecule has 0 saturated heterocycles. The zero-order valence-corrected chi connectivity index (χ0v) is 11.4. The van der Waals surface area contributed by atoms with Crippen molar-refractivity contribution in [2.75, 3.05) is 31.9 Å². The van der Waals surface area contributed by atoms with Crippen LogP contribution in [0, 0.1) is 0 Å². The molecule has 0 amide bonds. The zero-order chi connectivity index (χ0) is 11.5. The average Bonchev–Trinajstić information content (AvgIpc) is 2.61. The maximum atomic E-state index is 11.0. The Hall–Kier alpha value is 0.260. The SMILES string of the molecule is CS[C@H]1CC[C@@H](N(C)CCS(C)(=O)=O)C1. The molecule has 0 aromatic heterocycles. The maximum absolute atomic E-state index is 11.0. The van der Waals surface area contributed by atoms with Gasteiger partial charge in [0, 0.05) is 24.1 Å². The van der Waals surface area contributed by atoms with Gasteiger partial charge in [0.15, 0.2) is 0 Å². The van der Waals surface area contributed by atoms with Gasteiger partial charge in [-0.2, -0.15) is 11.8 Å². The molecule has 3 nitrogen and oxygen atoms in total. The smallest absolute Gasteiger partial charge is 0.148 e. The van der Waals surface area contributed by atoms with Crippen molar-refractivity contribution < 1.29 is 8.42 Å². The van der Waals surface area contributed by atoms with Crippen LogP contribution in [0.15, 0.2) is 0 Å². The van der Waals surface area contributed by atoms with Gasteiger partial charge in [-0.3, -0.25) is 0 Å². The first kappa shape index (κ1) is 13.3. The summed E-state index contributed by atoms with van der Waals surface area (Å²) >= 11 is 1.93. The van der Waals surface area contributed by atoms with Gasteiger partial charge in [-0.25, -0.2) is 8.42 Å². The van der Waals surface area contributed by atoms with Gasteiger partial charge < -0.3 is 4.90 Å². The standard InChI is InChI=1S/C10H21NO2S2/c1-11(6-7-15(3,12)13)9-4-5-10(8-9)14-2/h9-10H,4-8H2,1-3H3/t9-,10+/m1/s1. The monoisotopic (exact) mass is 251 g/mol. The second kappa shape index (κ2) is 5.55. The number of rotatable bonds is 5. The molecule has 2 atom stereocenters. The third kappa shape index (κ3) is 4.74. The molecule has 1 aliphatic carbocycles. The highest BCUT2D eigenvalue weighted by Gasteiger charge is 2.26. The Kier molecular flexibility index (Phi) is 4.93. The van der Waals surface area contributed by atoms with E-state index >= 15 is 0 Å². The van der Waals surface area contributed by atoms with E-state index in [1.165, 1.54) is 25.5 Å². The van der Waals surface area contributed by atoms with Crippen molar-refractivity contribution in [2.45, 2.75) is 30.6 Å². The Morgan fingerprint density at radius 1 is 1.40 bits per heavy atom. The fraction of sp³-hybridized carbons (Fsp3) is 1.00. The molecule has 15 heavy (non-hydrogen) atoms. The van der Waals surface area contributed by atoms with Crippen molar-refractivity contribution in [1.29, 1.82) is 0 Å². The molecule has 1 saturated carbocycles. The number of thioether (sulfide) groups is 1. The summed E-state index contributed by atoms with van der Waals surface area (Å²) in [6.45, 7) is 0.671. The van der Waals surface area contributed by atoms with E-state index in [0.717, 1.165) is 5.25 Å². The largest absolute Gasteiger partial charge is 0.302 e. The lowest BCUT2D eigenvalue weighted by atomic mass is 10.2. The molecule has 0 aliphatic heterocycles. The molecule has 0 spiro atoms. The van der Waals surface area contributed by atoms with E-state index in [2.05, 4.69) is 11.2 Å². The van der Waals surface area contributed by atoms with Crippen LogP contribution in [0.25, 0.3) is 0 Å². The quantitative estimate of drug-likeness (QED) is 0.737. The van der Waals surface area contributed by atoms with Gasteiger partial charge in [0.05, 0.1) is 5.75 Å². The van der Waals surface area contributed by atoms with Crippen LogP contribution in [-0.4, -0.2) is 56.5 Å². The molecule has 1 fully saturated rings. The minimum absolute atomic E-state index is 0.282. The Labute approximate surface area is 97.5 Å². The molecule has 0 unspecified atom stereocenters. The lowest BCUT2D eigenvalue weighted by molar-refractivity contribution is 0.259. The van der Waals surface area contributed by atoms with Gasteiger partial charge in [-0.05, 0) is 32.6 Å². The van der Waals surface area contributed by atoms with E-state index in [4.69, 9.17) is 0 Å². The lowest BCUT2D eigenvalue weighted by Gasteiger charge is -2.23. The van der Waals surface area contributed by atoms with Gasteiger partial charge in [-0.1, -0.05) is 0 Å². The van der Waals surface area contributed by atoms with Crippen molar-refractivity contribution >= 4 is 21.6 Å². The van der Waals surface area contributed by atoms with Crippen LogP contribution in [0.3, 0.4) is 0 Å². The average molecular weight is 251 g/mol. The Bertz CT molecular complexity index is 290. The van der Waals surface area contributed by atoms with E-state index in [0.29, 0.717) is 12.6 Å². The van der Waals surface area contributed by atoms with Crippen LogP contribution in [0.2, 0.25) is 0 Å². The Morgan fingerprint density at radius 2 is 2.07 bits per heavy atom. The Balaban J connectivity index is 2.32. The summed E-state index contributed by atoms with van der Waals surface area (Å²) in [5.74, 6) is 0.282. The molecule has 0 radical (unpaired) electrons. The number of nitrogens with zero attached hydrogens (tertiary/aromatic N) is 1. The predicted octanol–water partition coefficient (Wildman–Crippen LogP) is 1.25. The fourth-order valence-electron chi connectivity index (χ4n) is 2.02. The molecular weight excluding hydrogens is 230 g/mol. The first-order valence-corrected chi connectivity index (χ1v) is 8.68. The maximum Gasteiger partial charge on any atom is 0.148 e. The molecule has 0 aromatic carbocycles. The van der Waals surface area contributed by atoms with Crippen LogP contribution < -0.4 is 0 Å². The summed E-state index contributed by atoms with van der Waals surface area (Å²) < 4.78 is 22.1. The highest BCUT2D eigenvalue weighted by molar-refractivity contribution is 7.99. The summed E-state index contributed by atoms with van der Waals surface area (Å²) in [5, 5.41) is 0.774. The normalized spacial score (nSPS) is 27.5. The van der Waals surface area contributed by atoms with Crippen LogP contribution in [-0.2, 0) is 9.84 Å². The van der Waals surface area contributed by atoms with Crippen molar-refractivity contribution in [3.05, 3.63) is 0 Å². The third-order valence-corrected chi connectivity index (χ3v) is 5.15. The highest BCUT2D eigenvalue weighted by Crippen LogP contribution is 2.30. The minimum atomic E-state index is -2.81. The van der Waals surface area contributed by atoms with Crippen molar-refractivity contribution in [3.63, 3.8) is 0 Å². The van der Waals surface area contributed by atoms with Gasteiger partial charge in [0.2, 0.25) is 0 Å². The van der Waals surface area contributed by atoms with E-state index in [9.17, 15) is 8.42 Å². The molecule has 0 N–H and O–H groups in total. The molecule has 0 heterocycles. The molecule has 1 aliphatic rings. The fourth-order valence-corrected chi connectivity index (χ4v) is 3.43. The van der Waals surface area contributed by atoms with Crippen LogP contribution in [0.5, 0.6) is 0 Å². The van der Waals surface area contributed by atoms with E-state index in [-0.39, 0.29) is 5.75 Å².